The van der Waals surface area contributed by atoms with Gasteiger partial charge in [-0.2, -0.15) is 4.98 Å². The quantitative estimate of drug-likeness (QED) is 0.775. The van der Waals surface area contributed by atoms with Crippen molar-refractivity contribution in [2.24, 2.45) is 0 Å². The van der Waals surface area contributed by atoms with Crippen LogP contribution in [-0.4, -0.2) is 34.4 Å². The van der Waals surface area contributed by atoms with Crippen LogP contribution in [-0.2, 0) is 6.42 Å². The number of aliphatic hydroxyl groups is 1. The third kappa shape index (κ3) is 3.36. The smallest absolute Gasteiger partial charge is 0.221 e. The maximum atomic E-state index is 9.77. The van der Waals surface area contributed by atoms with Crippen LogP contribution in [0.2, 0.25) is 0 Å². The van der Waals surface area contributed by atoms with Crippen molar-refractivity contribution in [3.8, 4) is 11.5 Å². The number of rotatable bonds is 4. The first-order valence-electron chi connectivity index (χ1n) is 7.92. The van der Waals surface area contributed by atoms with E-state index < -0.39 is 5.60 Å². The Bertz CT molecular complexity index is 846. The molecule has 2 heterocycles. The molecule has 2 aromatic rings. The second kappa shape index (κ2) is 6.25. The highest BCUT2D eigenvalue weighted by molar-refractivity contribution is 5.77. The highest BCUT2D eigenvalue weighted by Gasteiger charge is 2.29. The highest BCUT2D eigenvalue weighted by Crippen LogP contribution is 2.43. The van der Waals surface area contributed by atoms with Crippen LogP contribution in [0.3, 0.4) is 0 Å². The number of fused-ring (bicyclic) bond motifs is 1. The molecule has 1 aliphatic heterocycles. The summed E-state index contributed by atoms with van der Waals surface area (Å²) in [5.41, 5.74) is 14.3. The Balaban J connectivity index is 2.06. The lowest BCUT2D eigenvalue weighted by atomic mass is 9.92. The van der Waals surface area contributed by atoms with Gasteiger partial charge < -0.3 is 26.0 Å². The molecule has 1 aromatic heterocycles. The Morgan fingerprint density at radius 3 is 2.68 bits per heavy atom. The fraction of sp³-hybridized carbons (Fsp3) is 0.333. The van der Waals surface area contributed by atoms with Crippen molar-refractivity contribution in [3.05, 3.63) is 41.1 Å². The van der Waals surface area contributed by atoms with Crippen LogP contribution < -0.4 is 20.9 Å². The zero-order valence-corrected chi connectivity index (χ0v) is 14.5. The third-order valence-corrected chi connectivity index (χ3v) is 4.05. The van der Waals surface area contributed by atoms with Gasteiger partial charge >= 0.3 is 0 Å². The van der Waals surface area contributed by atoms with Crippen LogP contribution in [0.25, 0.3) is 5.57 Å². The maximum Gasteiger partial charge on any atom is 0.221 e. The standard InChI is InChI=1S/C18H22N4O3/c1-18(2)7-12(9-23)13-5-10(6-14(24-3)15(13)25-18)4-11-8-21-17(20)22-16(11)19/h5-8,23H,4,9H2,1-3H3,(H4,19,20,21,22). The summed E-state index contributed by atoms with van der Waals surface area (Å²) in [6, 6.07) is 3.86. The Hall–Kier alpha value is -2.80. The van der Waals surface area contributed by atoms with E-state index in [9.17, 15) is 5.11 Å². The molecule has 3 rings (SSSR count). The molecular weight excluding hydrogens is 320 g/mol. The minimum Gasteiger partial charge on any atom is -0.493 e. The van der Waals surface area contributed by atoms with E-state index in [1.54, 1.807) is 13.3 Å². The molecule has 7 heteroatoms. The average Bonchev–Trinajstić information content (AvgIpc) is 2.55. The van der Waals surface area contributed by atoms with Gasteiger partial charge in [0.15, 0.2) is 11.5 Å². The van der Waals surface area contributed by atoms with Crippen molar-refractivity contribution < 1.29 is 14.6 Å². The normalized spacial score (nSPS) is 15.1. The zero-order chi connectivity index (χ0) is 18.2. The molecule has 0 saturated carbocycles. The fourth-order valence-corrected chi connectivity index (χ4v) is 2.97. The van der Waals surface area contributed by atoms with Gasteiger partial charge in [-0.3, -0.25) is 0 Å². The average molecular weight is 342 g/mol. The minimum atomic E-state index is -0.519. The van der Waals surface area contributed by atoms with E-state index in [4.69, 9.17) is 20.9 Å². The van der Waals surface area contributed by atoms with Crippen molar-refractivity contribution in [2.75, 3.05) is 25.2 Å². The van der Waals surface area contributed by atoms with Gasteiger partial charge in [0.1, 0.15) is 11.4 Å². The number of methoxy groups -OCH3 is 1. The van der Waals surface area contributed by atoms with Crippen LogP contribution in [0, 0.1) is 0 Å². The van der Waals surface area contributed by atoms with E-state index in [0.29, 0.717) is 23.7 Å². The second-order valence-corrected chi connectivity index (χ2v) is 6.52. The molecule has 1 aliphatic rings. The zero-order valence-electron chi connectivity index (χ0n) is 14.5. The van der Waals surface area contributed by atoms with Gasteiger partial charge in [0, 0.05) is 23.7 Å². The number of aliphatic hydroxyl groups excluding tert-OH is 1. The Labute approximate surface area is 146 Å². The first kappa shape index (κ1) is 17.0. The second-order valence-electron chi connectivity index (χ2n) is 6.52. The molecular formula is C18H22N4O3. The van der Waals surface area contributed by atoms with Gasteiger partial charge in [-0.15, -0.1) is 0 Å². The summed E-state index contributed by atoms with van der Waals surface area (Å²) in [5, 5.41) is 9.77. The van der Waals surface area contributed by atoms with Gasteiger partial charge in [0.25, 0.3) is 0 Å². The number of anilines is 2. The van der Waals surface area contributed by atoms with Gasteiger partial charge in [-0.1, -0.05) is 0 Å². The molecule has 0 radical (unpaired) electrons. The van der Waals surface area contributed by atoms with Crippen molar-refractivity contribution >= 4 is 17.3 Å². The van der Waals surface area contributed by atoms with Crippen LogP contribution in [0.4, 0.5) is 11.8 Å². The van der Waals surface area contributed by atoms with E-state index in [-0.39, 0.29) is 12.6 Å². The molecule has 1 aromatic carbocycles. The Morgan fingerprint density at radius 2 is 2.04 bits per heavy atom. The number of hydrogen-bond acceptors (Lipinski definition) is 7. The van der Waals surface area contributed by atoms with Crippen molar-refractivity contribution in [1.82, 2.24) is 9.97 Å². The lowest BCUT2D eigenvalue weighted by Gasteiger charge is -2.32. The van der Waals surface area contributed by atoms with Crippen molar-refractivity contribution in [1.29, 1.82) is 0 Å². The number of nitrogen functional groups attached to an aromatic ring is 2. The number of ether oxygens (including phenoxy) is 2. The molecule has 0 bridgehead atoms. The van der Waals surface area contributed by atoms with Crippen LogP contribution in [0.5, 0.6) is 11.5 Å². The highest BCUT2D eigenvalue weighted by atomic mass is 16.5. The molecule has 0 unspecified atom stereocenters. The summed E-state index contributed by atoms with van der Waals surface area (Å²) >= 11 is 0. The SMILES string of the molecule is COc1cc(Cc2cnc(N)nc2N)cc2c1OC(C)(C)C=C2CO. The molecule has 5 N–H and O–H groups in total. The number of aromatic nitrogens is 2. The van der Waals surface area contributed by atoms with Crippen LogP contribution in [0.15, 0.2) is 24.4 Å². The van der Waals surface area contributed by atoms with E-state index in [1.165, 1.54) is 0 Å². The molecule has 0 spiro atoms. The summed E-state index contributed by atoms with van der Waals surface area (Å²) in [6.45, 7) is 3.79. The number of nitrogens with zero attached hydrogens (tertiary/aromatic N) is 2. The van der Waals surface area contributed by atoms with E-state index in [1.807, 2.05) is 32.1 Å². The number of benzene rings is 1. The third-order valence-electron chi connectivity index (χ3n) is 4.05. The van der Waals surface area contributed by atoms with Gasteiger partial charge in [-0.25, -0.2) is 4.98 Å². The monoisotopic (exact) mass is 342 g/mol. The summed E-state index contributed by atoms with van der Waals surface area (Å²) in [6.07, 6.45) is 4.04. The molecule has 7 nitrogen and oxygen atoms in total. The molecule has 0 atom stereocenters. The molecule has 25 heavy (non-hydrogen) atoms. The number of hydrogen-bond donors (Lipinski definition) is 3. The first-order valence-corrected chi connectivity index (χ1v) is 7.92. The van der Waals surface area contributed by atoms with E-state index >= 15 is 0 Å². The Morgan fingerprint density at radius 1 is 1.28 bits per heavy atom. The first-order chi connectivity index (χ1) is 11.8. The summed E-state index contributed by atoms with van der Waals surface area (Å²) in [4.78, 5) is 7.98. The van der Waals surface area contributed by atoms with Crippen molar-refractivity contribution in [2.45, 2.75) is 25.9 Å². The van der Waals surface area contributed by atoms with E-state index in [2.05, 4.69) is 9.97 Å². The fourth-order valence-electron chi connectivity index (χ4n) is 2.97. The number of nitrogens with two attached hydrogens (primary N) is 2. The van der Waals surface area contributed by atoms with Crippen LogP contribution in [0.1, 0.15) is 30.5 Å². The predicted molar refractivity (Wildman–Crippen MR) is 96.4 cm³/mol. The lowest BCUT2D eigenvalue weighted by molar-refractivity contribution is 0.149. The maximum absolute atomic E-state index is 9.77. The predicted octanol–water partition coefficient (Wildman–Crippen LogP) is 1.79. The summed E-state index contributed by atoms with van der Waals surface area (Å²) in [5.74, 6) is 1.73. The molecule has 0 amide bonds. The summed E-state index contributed by atoms with van der Waals surface area (Å²) < 4.78 is 11.5. The Kier molecular flexibility index (Phi) is 4.26. The molecule has 0 saturated heterocycles. The molecule has 132 valence electrons. The van der Waals surface area contributed by atoms with Crippen LogP contribution >= 0.6 is 0 Å². The molecule has 0 aliphatic carbocycles. The lowest BCUT2D eigenvalue weighted by Crippen LogP contribution is -2.30. The van der Waals surface area contributed by atoms with Gasteiger partial charge in [0.2, 0.25) is 5.95 Å². The summed E-state index contributed by atoms with van der Waals surface area (Å²) in [7, 11) is 1.59. The largest absolute Gasteiger partial charge is 0.493 e. The van der Waals surface area contributed by atoms with Gasteiger partial charge in [-0.05, 0) is 43.2 Å². The van der Waals surface area contributed by atoms with E-state index in [0.717, 1.165) is 22.3 Å². The van der Waals surface area contributed by atoms with Gasteiger partial charge in [0.05, 0.1) is 13.7 Å². The topological polar surface area (TPSA) is 117 Å². The minimum absolute atomic E-state index is 0.0838. The van der Waals surface area contributed by atoms with Crippen molar-refractivity contribution in [3.63, 3.8) is 0 Å². The molecule has 0 fully saturated rings.